The van der Waals surface area contributed by atoms with Crippen molar-refractivity contribution in [3.8, 4) is 11.5 Å². The largest absolute Gasteiger partial charge is 0.493 e. The van der Waals surface area contributed by atoms with Crippen LogP contribution < -0.4 is 20.5 Å². The van der Waals surface area contributed by atoms with E-state index >= 15 is 0 Å². The number of methoxy groups -OCH3 is 2. The number of aromatic nitrogens is 1. The minimum absolute atomic E-state index is 0.0362. The summed E-state index contributed by atoms with van der Waals surface area (Å²) in [4.78, 5) is 22.1. The van der Waals surface area contributed by atoms with Crippen LogP contribution in [-0.4, -0.2) is 67.6 Å². The molecule has 9 heteroatoms. The first-order valence-electron chi connectivity index (χ1n) is 8.74. The number of piperazine rings is 1. The van der Waals surface area contributed by atoms with Crippen molar-refractivity contribution < 1.29 is 14.3 Å². The van der Waals surface area contributed by atoms with Gasteiger partial charge in [0.2, 0.25) is 5.91 Å². The predicted octanol–water partition coefficient (Wildman–Crippen LogP) is 1.50. The standard InChI is InChI=1S/C18H25N5O3S/c1-25-15-4-3-13(9-16(15)26-2)21-17(24)12-23-7-5-22(6-8-23)11-14-10-20-18(19)27-14/h3-4,9-10H,5-8,11-12H2,1-2H3,(H2,19,20)(H,21,24). The molecule has 0 radical (unpaired) electrons. The molecule has 3 N–H and O–H groups in total. The van der Waals surface area contributed by atoms with E-state index in [2.05, 4.69) is 20.1 Å². The number of amides is 1. The number of anilines is 2. The van der Waals surface area contributed by atoms with Crippen molar-refractivity contribution in [2.24, 2.45) is 0 Å². The average molecular weight is 391 g/mol. The van der Waals surface area contributed by atoms with Crippen molar-refractivity contribution in [1.29, 1.82) is 0 Å². The Kier molecular flexibility index (Phi) is 6.49. The summed E-state index contributed by atoms with van der Waals surface area (Å²) in [5.74, 6) is 1.19. The van der Waals surface area contributed by atoms with Gasteiger partial charge in [-0.05, 0) is 12.1 Å². The van der Waals surface area contributed by atoms with Crippen molar-refractivity contribution in [1.82, 2.24) is 14.8 Å². The Balaban J connectivity index is 1.45. The Hall–Kier alpha value is -2.36. The number of thiazole rings is 1. The molecule has 2 aromatic rings. The third-order valence-corrected chi connectivity index (χ3v) is 5.26. The molecule has 1 aliphatic heterocycles. The molecule has 3 rings (SSSR count). The normalized spacial score (nSPS) is 15.5. The topological polar surface area (TPSA) is 93.0 Å². The van der Waals surface area contributed by atoms with E-state index < -0.39 is 0 Å². The Labute approximate surface area is 162 Å². The molecule has 0 aliphatic carbocycles. The van der Waals surface area contributed by atoms with Crippen LogP contribution in [0.3, 0.4) is 0 Å². The summed E-state index contributed by atoms with van der Waals surface area (Å²) in [5, 5.41) is 3.53. The highest BCUT2D eigenvalue weighted by atomic mass is 32.1. The van der Waals surface area contributed by atoms with Gasteiger partial charge in [0.15, 0.2) is 16.6 Å². The third-order valence-electron chi connectivity index (χ3n) is 4.45. The molecule has 1 fully saturated rings. The van der Waals surface area contributed by atoms with Crippen LogP contribution in [0.5, 0.6) is 11.5 Å². The maximum absolute atomic E-state index is 12.4. The number of nitrogens with two attached hydrogens (primary N) is 1. The fourth-order valence-electron chi connectivity index (χ4n) is 3.04. The van der Waals surface area contributed by atoms with Crippen LogP contribution in [0.25, 0.3) is 0 Å². The Morgan fingerprint density at radius 1 is 1.19 bits per heavy atom. The minimum Gasteiger partial charge on any atom is -0.493 e. The molecule has 1 amide bonds. The van der Waals surface area contributed by atoms with Crippen molar-refractivity contribution in [3.63, 3.8) is 0 Å². The lowest BCUT2D eigenvalue weighted by Gasteiger charge is -2.33. The highest BCUT2D eigenvalue weighted by molar-refractivity contribution is 7.15. The monoisotopic (exact) mass is 391 g/mol. The summed E-state index contributed by atoms with van der Waals surface area (Å²) in [6.45, 7) is 4.78. The summed E-state index contributed by atoms with van der Waals surface area (Å²) in [7, 11) is 3.16. The number of hydrogen-bond acceptors (Lipinski definition) is 8. The first-order valence-corrected chi connectivity index (χ1v) is 9.56. The number of nitrogens with one attached hydrogen (secondary N) is 1. The zero-order chi connectivity index (χ0) is 19.2. The highest BCUT2D eigenvalue weighted by Crippen LogP contribution is 2.29. The lowest BCUT2D eigenvalue weighted by Crippen LogP contribution is -2.48. The van der Waals surface area contributed by atoms with E-state index in [1.165, 1.54) is 16.2 Å². The van der Waals surface area contributed by atoms with E-state index in [9.17, 15) is 4.79 Å². The van der Waals surface area contributed by atoms with E-state index in [0.29, 0.717) is 28.9 Å². The van der Waals surface area contributed by atoms with E-state index in [1.807, 2.05) is 6.20 Å². The zero-order valence-electron chi connectivity index (χ0n) is 15.6. The van der Waals surface area contributed by atoms with Crippen molar-refractivity contribution in [2.75, 3.05) is 58.0 Å². The van der Waals surface area contributed by atoms with Crippen LogP contribution in [0.1, 0.15) is 4.88 Å². The molecule has 146 valence electrons. The smallest absolute Gasteiger partial charge is 0.238 e. The molecule has 0 bridgehead atoms. The quantitative estimate of drug-likeness (QED) is 0.739. The molecule has 1 aromatic heterocycles. The molecule has 1 saturated heterocycles. The van der Waals surface area contributed by atoms with Gasteiger partial charge in [0.1, 0.15) is 0 Å². The molecule has 1 aromatic carbocycles. The summed E-state index contributed by atoms with van der Waals surface area (Å²) >= 11 is 1.53. The fraction of sp³-hybridized carbons (Fsp3) is 0.444. The van der Waals surface area contributed by atoms with Crippen molar-refractivity contribution >= 4 is 28.1 Å². The molecule has 27 heavy (non-hydrogen) atoms. The molecule has 0 unspecified atom stereocenters. The van der Waals surface area contributed by atoms with Gasteiger partial charge in [-0.1, -0.05) is 0 Å². The average Bonchev–Trinajstić information content (AvgIpc) is 3.08. The second-order valence-corrected chi connectivity index (χ2v) is 7.48. The first-order chi connectivity index (χ1) is 13.1. The van der Waals surface area contributed by atoms with E-state index in [-0.39, 0.29) is 5.91 Å². The highest BCUT2D eigenvalue weighted by Gasteiger charge is 2.20. The molecule has 2 heterocycles. The van der Waals surface area contributed by atoms with E-state index in [0.717, 1.165) is 32.7 Å². The number of benzene rings is 1. The zero-order valence-corrected chi connectivity index (χ0v) is 16.4. The number of hydrogen-bond donors (Lipinski definition) is 2. The van der Waals surface area contributed by atoms with Gasteiger partial charge in [-0.15, -0.1) is 11.3 Å². The second kappa shape index (κ2) is 9.03. The number of carbonyl (C=O) groups is 1. The maximum atomic E-state index is 12.4. The Morgan fingerprint density at radius 2 is 1.89 bits per heavy atom. The van der Waals surface area contributed by atoms with E-state index in [4.69, 9.17) is 15.2 Å². The van der Waals surface area contributed by atoms with Crippen LogP contribution in [0, 0.1) is 0 Å². The summed E-state index contributed by atoms with van der Waals surface area (Å²) in [6.07, 6.45) is 1.84. The lowest BCUT2D eigenvalue weighted by atomic mass is 10.2. The maximum Gasteiger partial charge on any atom is 0.238 e. The lowest BCUT2D eigenvalue weighted by molar-refractivity contribution is -0.117. The van der Waals surface area contributed by atoms with Gasteiger partial charge < -0.3 is 20.5 Å². The van der Waals surface area contributed by atoms with Crippen LogP contribution in [0.2, 0.25) is 0 Å². The van der Waals surface area contributed by atoms with E-state index in [1.54, 1.807) is 32.4 Å². The molecule has 0 atom stereocenters. The van der Waals surface area contributed by atoms with Gasteiger partial charge in [0, 0.05) is 55.6 Å². The fourth-order valence-corrected chi connectivity index (χ4v) is 3.77. The number of nitrogens with zero attached hydrogens (tertiary/aromatic N) is 3. The van der Waals surface area contributed by atoms with Gasteiger partial charge in [0.25, 0.3) is 0 Å². The van der Waals surface area contributed by atoms with Crippen LogP contribution in [-0.2, 0) is 11.3 Å². The second-order valence-electron chi connectivity index (χ2n) is 6.34. The molecule has 0 spiro atoms. The molecular weight excluding hydrogens is 366 g/mol. The summed E-state index contributed by atoms with van der Waals surface area (Å²) in [5.41, 5.74) is 6.37. The number of rotatable bonds is 7. The van der Waals surface area contributed by atoms with Gasteiger partial charge >= 0.3 is 0 Å². The number of carbonyl (C=O) groups excluding carboxylic acids is 1. The van der Waals surface area contributed by atoms with Gasteiger partial charge in [0.05, 0.1) is 20.8 Å². The molecule has 8 nitrogen and oxygen atoms in total. The van der Waals surface area contributed by atoms with Crippen LogP contribution in [0.4, 0.5) is 10.8 Å². The SMILES string of the molecule is COc1ccc(NC(=O)CN2CCN(Cc3cnc(N)s3)CC2)cc1OC. The third kappa shape index (κ3) is 5.31. The first kappa shape index (κ1) is 19.4. The minimum atomic E-state index is -0.0362. The predicted molar refractivity (Wildman–Crippen MR) is 106 cm³/mol. The van der Waals surface area contributed by atoms with Crippen LogP contribution >= 0.6 is 11.3 Å². The van der Waals surface area contributed by atoms with Crippen molar-refractivity contribution in [2.45, 2.75) is 6.54 Å². The molecule has 0 saturated carbocycles. The molecular formula is C18H25N5O3S. The number of ether oxygens (including phenoxy) is 2. The number of nitrogen functional groups attached to an aromatic ring is 1. The van der Waals surface area contributed by atoms with Crippen molar-refractivity contribution in [3.05, 3.63) is 29.3 Å². The summed E-state index contributed by atoms with van der Waals surface area (Å²) in [6, 6.07) is 5.34. The van der Waals surface area contributed by atoms with Crippen LogP contribution in [0.15, 0.2) is 24.4 Å². The van der Waals surface area contributed by atoms with Gasteiger partial charge in [-0.25, -0.2) is 4.98 Å². The Bertz CT molecular complexity index is 774. The summed E-state index contributed by atoms with van der Waals surface area (Å²) < 4.78 is 10.5. The van der Waals surface area contributed by atoms with Gasteiger partial charge in [-0.3, -0.25) is 14.6 Å². The molecule has 1 aliphatic rings. The van der Waals surface area contributed by atoms with Gasteiger partial charge in [-0.2, -0.15) is 0 Å². The Morgan fingerprint density at radius 3 is 2.52 bits per heavy atom.